The number of aliphatic imine (C=N–C) groups is 2. The molecule has 4 rings (SSSR count). The highest BCUT2D eigenvalue weighted by atomic mass is 79.9. The molecule has 130 valence electrons. The number of likely N-dealkylation sites (N-methyl/N-ethyl adjacent to an activating group) is 1. The molecule has 3 aliphatic rings. The van der Waals surface area contributed by atoms with Crippen LogP contribution in [0.15, 0.2) is 26.7 Å². The van der Waals surface area contributed by atoms with Crippen molar-refractivity contribution in [2.24, 2.45) is 9.98 Å². The number of rotatable bonds is 1. The number of fused-ring (bicyclic) bond motifs is 3. The highest BCUT2D eigenvalue weighted by molar-refractivity contribution is 9.10. The molecule has 1 aromatic heterocycles. The summed E-state index contributed by atoms with van der Waals surface area (Å²) < 4.78 is 0.799. The highest BCUT2D eigenvalue weighted by Crippen LogP contribution is 2.36. The Hall–Kier alpha value is -2.49. The molecule has 0 spiro atoms. The number of carboxylic acid groups (broad SMARTS) is 1. The second-order valence-corrected chi connectivity index (χ2v) is 7.04. The van der Waals surface area contributed by atoms with Crippen LogP contribution in [0.4, 0.5) is 16.3 Å². The van der Waals surface area contributed by atoms with Gasteiger partial charge in [0.2, 0.25) is 0 Å². The number of halogens is 1. The Morgan fingerprint density at radius 1 is 1.40 bits per heavy atom. The van der Waals surface area contributed by atoms with Gasteiger partial charge in [-0.15, -0.1) is 0 Å². The zero-order chi connectivity index (χ0) is 17.7. The molecular formula is C15H15BrN6O3. The second-order valence-electron chi connectivity index (χ2n) is 6.13. The molecule has 0 saturated carbocycles. The van der Waals surface area contributed by atoms with Crippen molar-refractivity contribution >= 4 is 51.1 Å². The normalized spacial score (nSPS) is 21.7. The Kier molecular flexibility index (Phi) is 3.71. The van der Waals surface area contributed by atoms with Gasteiger partial charge in [0.05, 0.1) is 11.7 Å². The van der Waals surface area contributed by atoms with Gasteiger partial charge >= 0.3 is 6.09 Å². The number of amides is 2. The van der Waals surface area contributed by atoms with E-state index in [-0.39, 0.29) is 18.5 Å². The van der Waals surface area contributed by atoms with Crippen LogP contribution in [0.1, 0.15) is 6.42 Å². The maximum atomic E-state index is 11.9. The van der Waals surface area contributed by atoms with Gasteiger partial charge in [-0.3, -0.25) is 4.79 Å². The molecule has 1 fully saturated rings. The monoisotopic (exact) mass is 406 g/mol. The lowest BCUT2D eigenvalue weighted by atomic mass is 10.2. The van der Waals surface area contributed by atoms with E-state index in [1.54, 1.807) is 13.2 Å². The number of carbonyl (C=O) groups is 2. The van der Waals surface area contributed by atoms with Crippen LogP contribution in [-0.4, -0.2) is 76.3 Å². The molecule has 1 atom stereocenters. The molecule has 1 N–H and O–H groups in total. The number of pyridine rings is 1. The lowest BCUT2D eigenvalue weighted by Crippen LogP contribution is -2.46. The van der Waals surface area contributed by atoms with Gasteiger partial charge in [0.15, 0.2) is 17.5 Å². The van der Waals surface area contributed by atoms with Gasteiger partial charge in [-0.2, -0.15) is 4.99 Å². The van der Waals surface area contributed by atoms with E-state index in [1.165, 1.54) is 4.90 Å². The minimum absolute atomic E-state index is 0.120. The molecule has 1 aromatic rings. The van der Waals surface area contributed by atoms with E-state index in [1.807, 2.05) is 15.9 Å². The van der Waals surface area contributed by atoms with Crippen molar-refractivity contribution in [2.75, 3.05) is 31.6 Å². The zero-order valence-electron chi connectivity index (χ0n) is 13.4. The Morgan fingerprint density at radius 2 is 2.20 bits per heavy atom. The summed E-state index contributed by atoms with van der Waals surface area (Å²) in [5.41, 5.74) is 0.737. The molecule has 0 unspecified atom stereocenters. The van der Waals surface area contributed by atoms with Crippen LogP contribution in [0, 0.1) is 0 Å². The molecule has 0 aliphatic carbocycles. The van der Waals surface area contributed by atoms with Gasteiger partial charge in [0.1, 0.15) is 6.54 Å². The lowest BCUT2D eigenvalue weighted by Gasteiger charge is -2.31. The number of likely N-dealkylation sites (tertiary alicyclic amines) is 1. The van der Waals surface area contributed by atoms with Gasteiger partial charge in [0, 0.05) is 30.8 Å². The van der Waals surface area contributed by atoms with Crippen molar-refractivity contribution in [1.82, 2.24) is 14.8 Å². The van der Waals surface area contributed by atoms with Crippen LogP contribution in [0.25, 0.3) is 0 Å². The number of nitrogens with zero attached hydrogens (tertiary/aromatic N) is 6. The SMILES string of the molecule is CN(C(=O)O)[C@@H]1CCN(C2=Nc3ncc(Br)cc3N3CC(=O)N=C23)C1. The zero-order valence-corrected chi connectivity index (χ0v) is 15.0. The van der Waals surface area contributed by atoms with E-state index in [4.69, 9.17) is 5.11 Å². The largest absolute Gasteiger partial charge is 0.465 e. The molecule has 3 aliphatic heterocycles. The van der Waals surface area contributed by atoms with E-state index in [0.717, 1.165) is 10.2 Å². The fourth-order valence-corrected chi connectivity index (χ4v) is 3.59. The third kappa shape index (κ3) is 2.66. The van der Waals surface area contributed by atoms with E-state index < -0.39 is 6.09 Å². The first-order valence-corrected chi connectivity index (χ1v) is 8.57. The topological polar surface area (TPSA) is 102 Å². The smallest absolute Gasteiger partial charge is 0.407 e. The number of hydrogen-bond acceptors (Lipinski definition) is 6. The van der Waals surface area contributed by atoms with Crippen LogP contribution in [0.2, 0.25) is 0 Å². The van der Waals surface area contributed by atoms with Crippen LogP contribution in [0.3, 0.4) is 0 Å². The Balaban J connectivity index is 1.69. The average Bonchev–Trinajstić information content (AvgIpc) is 3.20. The van der Waals surface area contributed by atoms with Crippen molar-refractivity contribution in [3.8, 4) is 0 Å². The molecule has 1 saturated heterocycles. The van der Waals surface area contributed by atoms with Crippen LogP contribution >= 0.6 is 15.9 Å². The number of carbonyl (C=O) groups excluding carboxylic acids is 1. The molecular weight excluding hydrogens is 392 g/mol. The van der Waals surface area contributed by atoms with E-state index in [9.17, 15) is 9.59 Å². The molecule has 4 heterocycles. The molecule has 0 radical (unpaired) electrons. The third-order valence-corrected chi connectivity index (χ3v) is 5.04. The molecule has 2 amide bonds. The van der Waals surface area contributed by atoms with Gasteiger partial charge in [-0.05, 0) is 28.4 Å². The summed E-state index contributed by atoms with van der Waals surface area (Å²) >= 11 is 3.39. The fraction of sp³-hybridized carbons (Fsp3) is 0.400. The van der Waals surface area contributed by atoms with Gasteiger partial charge < -0.3 is 19.8 Å². The standard InChI is InChI=1S/C15H15BrN6O3/c1-20(15(24)25)9-2-3-21(6-9)13-14-18-11(23)7-22(14)10-4-8(16)5-17-12(10)19-13/h4-5,9H,2-3,6-7H2,1H3,(H,24,25)/t9-/m1/s1. The molecule has 0 bridgehead atoms. The van der Waals surface area contributed by atoms with Gasteiger partial charge in [-0.25, -0.2) is 14.8 Å². The maximum Gasteiger partial charge on any atom is 0.407 e. The third-order valence-electron chi connectivity index (χ3n) is 4.61. The van der Waals surface area contributed by atoms with Gasteiger partial charge in [-0.1, -0.05) is 0 Å². The first-order chi connectivity index (χ1) is 11.9. The second kappa shape index (κ2) is 5.80. The average molecular weight is 407 g/mol. The summed E-state index contributed by atoms with van der Waals surface area (Å²) in [5, 5.41) is 9.17. The summed E-state index contributed by atoms with van der Waals surface area (Å²) in [6.07, 6.45) is 1.40. The van der Waals surface area contributed by atoms with Crippen LogP contribution < -0.4 is 4.90 Å². The first-order valence-electron chi connectivity index (χ1n) is 7.78. The number of hydrogen-bond donors (Lipinski definition) is 1. The van der Waals surface area contributed by atoms with E-state index >= 15 is 0 Å². The van der Waals surface area contributed by atoms with E-state index in [2.05, 4.69) is 30.9 Å². The Bertz CT molecular complexity index is 839. The number of aromatic nitrogens is 1. The Labute approximate surface area is 151 Å². The number of anilines is 1. The quantitative estimate of drug-likeness (QED) is 0.754. The summed E-state index contributed by atoms with van der Waals surface area (Å²) in [4.78, 5) is 41.2. The van der Waals surface area contributed by atoms with Crippen LogP contribution in [-0.2, 0) is 4.79 Å². The lowest BCUT2D eigenvalue weighted by molar-refractivity contribution is -0.115. The predicted molar refractivity (Wildman–Crippen MR) is 94.6 cm³/mol. The maximum absolute atomic E-state index is 11.9. The van der Waals surface area contributed by atoms with Gasteiger partial charge in [0.25, 0.3) is 5.91 Å². The minimum atomic E-state index is -0.954. The summed E-state index contributed by atoms with van der Waals surface area (Å²) in [7, 11) is 1.57. The first kappa shape index (κ1) is 16.0. The van der Waals surface area contributed by atoms with Crippen molar-refractivity contribution in [3.05, 3.63) is 16.7 Å². The van der Waals surface area contributed by atoms with Crippen molar-refractivity contribution in [2.45, 2.75) is 12.5 Å². The van der Waals surface area contributed by atoms with Crippen LogP contribution in [0.5, 0.6) is 0 Å². The fourth-order valence-electron chi connectivity index (χ4n) is 3.27. The Morgan fingerprint density at radius 3 is 2.96 bits per heavy atom. The molecule has 10 heteroatoms. The number of amidine groups is 2. The highest BCUT2D eigenvalue weighted by Gasteiger charge is 2.39. The molecule has 0 aromatic carbocycles. The van der Waals surface area contributed by atoms with E-state index in [0.29, 0.717) is 37.0 Å². The predicted octanol–water partition coefficient (Wildman–Crippen LogP) is 1.32. The van der Waals surface area contributed by atoms with Crippen molar-refractivity contribution in [1.29, 1.82) is 0 Å². The van der Waals surface area contributed by atoms with Crippen molar-refractivity contribution in [3.63, 3.8) is 0 Å². The van der Waals surface area contributed by atoms with Crippen molar-refractivity contribution < 1.29 is 14.7 Å². The summed E-state index contributed by atoms with van der Waals surface area (Å²) in [6.45, 7) is 1.31. The summed E-state index contributed by atoms with van der Waals surface area (Å²) in [6, 6.07) is 1.74. The summed E-state index contributed by atoms with van der Waals surface area (Å²) in [5.74, 6) is 1.39. The molecule has 25 heavy (non-hydrogen) atoms. The molecule has 9 nitrogen and oxygen atoms in total. The minimum Gasteiger partial charge on any atom is -0.465 e.